The summed E-state index contributed by atoms with van der Waals surface area (Å²) < 4.78 is 25.8. The first kappa shape index (κ1) is 91.0. The number of nitrogens with one attached hydrogen (secondary N) is 5. The molecule has 0 fully saturated rings. The third kappa shape index (κ3) is 43.9. The number of carbonyl (C=O) groups excluding carboxylic acids is 10. The van der Waals surface area contributed by atoms with Gasteiger partial charge in [-0.25, -0.2) is 28.8 Å². The molecule has 0 saturated heterocycles. The number of ketones is 2. The number of unbranched alkanes of at least 4 members (excludes halogenated alkanes) is 3. The van der Waals surface area contributed by atoms with Gasteiger partial charge in [-0.3, -0.25) is 24.0 Å². The molecule has 0 aliphatic rings. The summed E-state index contributed by atoms with van der Waals surface area (Å²) in [6.45, 7) is 12.0. The molecule has 0 aromatic heterocycles. The summed E-state index contributed by atoms with van der Waals surface area (Å²) in [6, 6.07) is 53.3. The van der Waals surface area contributed by atoms with Crippen molar-refractivity contribution < 1.29 is 81.5 Å². The summed E-state index contributed by atoms with van der Waals surface area (Å²) in [7, 11) is 0. The topological polar surface area (TPSA) is 444 Å². The van der Waals surface area contributed by atoms with Crippen LogP contribution in [0.25, 0.3) is 0 Å². The Balaban J connectivity index is 0.000000394. The second-order valence-electron chi connectivity index (χ2n) is 27.4. The maximum Gasteiger partial charge on any atom is 0.408 e. The molecule has 8 amide bonds. The molecule has 0 aliphatic carbocycles. The van der Waals surface area contributed by atoms with Gasteiger partial charge in [-0.1, -0.05) is 182 Å². The molecular formula is C81H110N10O17. The third-order valence-corrected chi connectivity index (χ3v) is 15.7. The van der Waals surface area contributed by atoms with Crippen molar-refractivity contribution in [3.63, 3.8) is 0 Å². The summed E-state index contributed by atoms with van der Waals surface area (Å²) in [5, 5.41) is 22.1. The van der Waals surface area contributed by atoms with Crippen LogP contribution in [-0.4, -0.2) is 126 Å². The molecular weight excluding hydrogens is 1380 g/mol. The first-order valence-corrected chi connectivity index (χ1v) is 36.0. The maximum absolute atomic E-state index is 13.2. The molecule has 0 radical (unpaired) electrons. The Kier molecular flexibility index (Phi) is 43.1. The number of rotatable bonds is 39. The van der Waals surface area contributed by atoms with Gasteiger partial charge in [0, 0.05) is 44.3 Å². The molecule has 0 aliphatic heterocycles. The minimum absolute atomic E-state index is 0.0372. The molecule has 6 aromatic carbocycles. The summed E-state index contributed by atoms with van der Waals surface area (Å²) in [5.74, 6) is -4.40. The number of ether oxygens (including phenoxy) is 5. The SMILES string of the molecule is CC(C)(C)OC(=O)N[C@@H](CCCCNC(=O)OCc1ccccc1)C(=O)CC(Cc1ccccc1)C(N)=O.CC(C)(C)OC(=O)N[C@@H](CCCCNC(=O)OCc1ccccc1)C(=O)O.NC(=O)C(CC(=O)[C@@H](N)CCCCNC(=O)OCc1ccccc1)Cc1ccccc1.NC(=O)C(N)Cc1ccccc1. The molecule has 586 valence electrons. The highest BCUT2D eigenvalue weighted by molar-refractivity contribution is 5.91. The molecule has 27 nitrogen and oxygen atoms in total. The Labute approximate surface area is 633 Å². The van der Waals surface area contributed by atoms with Crippen molar-refractivity contribution >= 4 is 65.7 Å². The van der Waals surface area contributed by atoms with Gasteiger partial charge in [0.15, 0.2) is 5.78 Å². The van der Waals surface area contributed by atoms with E-state index in [2.05, 4.69) is 26.6 Å². The maximum atomic E-state index is 13.2. The van der Waals surface area contributed by atoms with Crippen molar-refractivity contribution in [3.8, 4) is 0 Å². The highest BCUT2D eigenvalue weighted by Gasteiger charge is 2.30. The zero-order valence-corrected chi connectivity index (χ0v) is 62.8. The molecule has 6 rings (SSSR count). The highest BCUT2D eigenvalue weighted by atomic mass is 16.6. The van der Waals surface area contributed by atoms with Crippen molar-refractivity contribution in [3.05, 3.63) is 215 Å². The molecule has 0 heterocycles. The van der Waals surface area contributed by atoms with Crippen LogP contribution >= 0.6 is 0 Å². The number of carbonyl (C=O) groups is 11. The first-order valence-electron chi connectivity index (χ1n) is 36.0. The number of aliphatic carboxylic acids is 1. The average Bonchev–Trinajstić information content (AvgIpc) is 0.871. The normalized spacial score (nSPS) is 12.4. The summed E-state index contributed by atoms with van der Waals surface area (Å²) in [5.41, 5.74) is 31.7. The van der Waals surface area contributed by atoms with E-state index in [0.29, 0.717) is 90.3 Å². The Bertz CT molecular complexity index is 3650. The molecule has 6 aromatic rings. The highest BCUT2D eigenvalue weighted by Crippen LogP contribution is 2.19. The first-order chi connectivity index (χ1) is 51.4. The van der Waals surface area contributed by atoms with Crippen LogP contribution in [0.5, 0.6) is 0 Å². The number of hydrogen-bond donors (Lipinski definition) is 11. The van der Waals surface area contributed by atoms with Gasteiger partial charge in [-0.15, -0.1) is 0 Å². The summed E-state index contributed by atoms with van der Waals surface area (Å²) in [6.07, 6.45) is 2.71. The fourth-order valence-electron chi connectivity index (χ4n) is 10.1. The largest absolute Gasteiger partial charge is 0.480 e. The smallest absolute Gasteiger partial charge is 0.408 e. The summed E-state index contributed by atoms with van der Waals surface area (Å²) >= 11 is 0. The zero-order valence-electron chi connectivity index (χ0n) is 62.8. The Morgan fingerprint density at radius 1 is 0.352 bits per heavy atom. The lowest BCUT2D eigenvalue weighted by molar-refractivity contribution is -0.139. The molecule has 0 saturated carbocycles. The monoisotopic (exact) mass is 1490 g/mol. The second-order valence-corrected chi connectivity index (χ2v) is 27.4. The van der Waals surface area contributed by atoms with E-state index in [1.807, 2.05) is 182 Å². The van der Waals surface area contributed by atoms with Gasteiger partial charge < -0.3 is 84.0 Å². The van der Waals surface area contributed by atoms with E-state index in [9.17, 15) is 57.8 Å². The standard InChI is InChI=1S/C29H39N3O6.C24H31N3O4.C19H28N2O6.C9H12N2O/c1-29(2,3)38-28(36)32-24(25(33)19-23(26(30)34)18-21-12-6-4-7-13-21)16-10-11-17-31-27(35)37-20-22-14-8-5-9-15-22;25-21(22(28)16-20(23(26)29)15-18-9-3-1-4-10-18)13-7-8-14-27-24(30)31-17-19-11-5-2-6-12-19;1-19(2,3)27-18(25)21-15(16(22)23)11-7-8-12-20-17(24)26-13-14-9-5-4-6-10-14;10-8(9(11)12)6-7-4-2-1-3-5-7/h4-9,12-15,23-24H,10-11,16-20H2,1-3H3,(H2,30,34)(H,31,35)(H,32,36);1-6,9-12,20-21H,7-8,13-17,25H2,(H2,26,29)(H,27,30);4-6,9-10,15H,7-8,11-13H2,1-3H3,(H,20,24)(H,21,25)(H,22,23);1-5,8H,6,10H2,(H2,11,12)/t23?,24-;20?,21-;15-;/m000./s1. The number of benzene rings is 6. The fourth-order valence-corrected chi connectivity index (χ4v) is 10.1. The van der Waals surface area contributed by atoms with E-state index in [1.165, 1.54) is 0 Å². The number of primary amides is 3. The fraction of sp³-hybridized carbons (Fsp3) is 0.420. The van der Waals surface area contributed by atoms with Crippen LogP contribution in [0.2, 0.25) is 0 Å². The molecule has 16 N–H and O–H groups in total. The van der Waals surface area contributed by atoms with Crippen LogP contribution in [0, 0.1) is 11.8 Å². The van der Waals surface area contributed by atoms with E-state index in [4.69, 9.17) is 52.4 Å². The lowest BCUT2D eigenvalue weighted by Crippen LogP contribution is -2.44. The van der Waals surface area contributed by atoms with Crippen LogP contribution < -0.4 is 55.3 Å². The van der Waals surface area contributed by atoms with E-state index < -0.39 is 101 Å². The van der Waals surface area contributed by atoms with Crippen molar-refractivity contribution in [1.82, 2.24) is 26.6 Å². The minimum Gasteiger partial charge on any atom is -0.480 e. The van der Waals surface area contributed by atoms with Gasteiger partial charge in [0.25, 0.3) is 0 Å². The number of hydrogen-bond acceptors (Lipinski definition) is 18. The van der Waals surface area contributed by atoms with Gasteiger partial charge in [0.2, 0.25) is 17.7 Å². The van der Waals surface area contributed by atoms with Crippen LogP contribution in [0.4, 0.5) is 24.0 Å². The van der Waals surface area contributed by atoms with Gasteiger partial charge in [0.05, 0.1) is 18.1 Å². The van der Waals surface area contributed by atoms with Crippen LogP contribution in [0.1, 0.15) is 146 Å². The van der Waals surface area contributed by atoms with Crippen molar-refractivity contribution in [1.29, 1.82) is 0 Å². The zero-order chi connectivity index (χ0) is 79.7. The Morgan fingerprint density at radius 3 is 0.944 bits per heavy atom. The predicted octanol–water partition coefficient (Wildman–Crippen LogP) is 10.1. The number of Topliss-reactive ketones (excluding diaryl/α,β-unsaturated/α-hetero) is 2. The molecule has 3 unspecified atom stereocenters. The van der Waals surface area contributed by atoms with Crippen molar-refractivity contribution in [2.24, 2.45) is 40.5 Å². The number of carboxylic acids is 1. The number of carboxylic acid groups (broad SMARTS) is 1. The molecule has 108 heavy (non-hydrogen) atoms. The van der Waals surface area contributed by atoms with Gasteiger partial charge in [0.1, 0.15) is 42.8 Å². The quantitative estimate of drug-likeness (QED) is 0.0126. The molecule has 6 atom stereocenters. The lowest BCUT2D eigenvalue weighted by atomic mass is 9.90. The molecule has 0 spiro atoms. The minimum atomic E-state index is -1.13. The van der Waals surface area contributed by atoms with Crippen molar-refractivity contribution in [2.75, 3.05) is 19.6 Å². The Hall–Kier alpha value is -11.2. The molecule has 0 bridgehead atoms. The van der Waals surface area contributed by atoms with Crippen LogP contribution in [0.15, 0.2) is 182 Å². The van der Waals surface area contributed by atoms with Gasteiger partial charge in [-0.2, -0.15) is 0 Å². The van der Waals surface area contributed by atoms with E-state index in [-0.39, 0.29) is 50.6 Å². The van der Waals surface area contributed by atoms with E-state index in [0.717, 1.165) is 33.4 Å². The second kappa shape index (κ2) is 51.1. The van der Waals surface area contributed by atoms with Gasteiger partial charge in [-0.05, 0) is 152 Å². The average molecular weight is 1500 g/mol. The number of alkyl carbamates (subject to hydrolysis) is 5. The Morgan fingerprint density at radius 2 is 0.639 bits per heavy atom. The van der Waals surface area contributed by atoms with E-state index >= 15 is 0 Å². The van der Waals surface area contributed by atoms with Crippen molar-refractivity contribution in [2.45, 2.75) is 187 Å². The number of nitrogens with two attached hydrogens (primary N) is 5. The lowest BCUT2D eigenvalue weighted by Gasteiger charge is -2.24. The van der Waals surface area contributed by atoms with E-state index in [1.54, 1.807) is 41.5 Å². The number of amides is 8. The predicted molar refractivity (Wildman–Crippen MR) is 410 cm³/mol. The molecule has 27 heteroatoms. The van der Waals surface area contributed by atoms with Crippen LogP contribution in [-0.2, 0) is 91.5 Å². The summed E-state index contributed by atoms with van der Waals surface area (Å²) in [4.78, 5) is 131. The van der Waals surface area contributed by atoms with Crippen LogP contribution in [0.3, 0.4) is 0 Å². The third-order valence-electron chi connectivity index (χ3n) is 15.7. The van der Waals surface area contributed by atoms with Gasteiger partial charge >= 0.3 is 36.4 Å².